The maximum atomic E-state index is 11.1. The molecule has 0 aliphatic heterocycles. The lowest BCUT2D eigenvalue weighted by Gasteiger charge is -2.21. The molecule has 0 amide bonds. The second-order valence-electron chi connectivity index (χ2n) is 14.0. The highest BCUT2D eigenvalue weighted by molar-refractivity contribution is 7.27. The topological polar surface area (TPSA) is 57.4 Å². The summed E-state index contributed by atoms with van der Waals surface area (Å²) in [6.45, 7) is 4.17. The molecule has 0 fully saturated rings. The number of rotatable bonds is 3. The molecule has 11 rings (SSSR count). The highest BCUT2D eigenvalue weighted by atomic mass is 32.1. The third-order valence-corrected chi connectivity index (χ3v) is 13.4. The number of nitrogens with zero attached hydrogens (tertiary/aromatic N) is 4. The molecule has 0 aliphatic carbocycles. The standard InChI is InChI=1S/C47H28N4S2/c1-26(2)43-33(24-48)39(50-35-15-7-3-13-31(35)44-37(50)21-19-29-27-11-5-9-17-41(27)52-46(29)44)23-40(34(43)25-49)51-36-16-8-4-14-32(36)45-38(51)22-20-30-28-12-6-10-18-42(28)53-47(30)45/h3-23,26H,1-2H3. The van der Waals surface area contributed by atoms with Crippen molar-refractivity contribution >= 4 is 107 Å². The average Bonchev–Trinajstić information content (AvgIpc) is 3.94. The van der Waals surface area contributed by atoms with Gasteiger partial charge in [-0.1, -0.05) is 98.8 Å². The van der Waals surface area contributed by atoms with Crippen LogP contribution >= 0.6 is 22.7 Å². The maximum Gasteiger partial charge on any atom is 0.102 e. The van der Waals surface area contributed by atoms with E-state index in [-0.39, 0.29) is 5.92 Å². The Morgan fingerprint density at radius 3 is 1.32 bits per heavy atom. The minimum absolute atomic E-state index is 0.0808. The van der Waals surface area contributed by atoms with Gasteiger partial charge in [0.15, 0.2) is 0 Å². The fourth-order valence-electron chi connectivity index (χ4n) is 8.83. The quantitative estimate of drug-likeness (QED) is 0.183. The normalized spacial score (nSPS) is 12.1. The van der Waals surface area contributed by atoms with Gasteiger partial charge in [0, 0.05) is 61.9 Å². The van der Waals surface area contributed by atoms with Crippen LogP contribution in [0.3, 0.4) is 0 Å². The third-order valence-electron chi connectivity index (χ3n) is 11.0. The van der Waals surface area contributed by atoms with Crippen LogP contribution in [0.2, 0.25) is 0 Å². The van der Waals surface area contributed by atoms with E-state index in [0.29, 0.717) is 11.1 Å². The molecule has 11 aromatic rings. The van der Waals surface area contributed by atoms with Gasteiger partial charge in [-0.2, -0.15) is 10.5 Å². The molecule has 4 nitrogen and oxygen atoms in total. The summed E-state index contributed by atoms with van der Waals surface area (Å²) in [5.41, 5.74) is 7.55. The van der Waals surface area contributed by atoms with Crippen molar-refractivity contribution in [2.24, 2.45) is 0 Å². The monoisotopic (exact) mass is 712 g/mol. The molecule has 4 heterocycles. The molecular formula is C47H28N4S2. The largest absolute Gasteiger partial charge is 0.308 e. The Bertz CT molecular complexity index is 3240. The summed E-state index contributed by atoms with van der Waals surface area (Å²) in [4.78, 5) is 0. The number of aromatic nitrogens is 2. The predicted octanol–water partition coefficient (Wildman–Crippen LogP) is 13.5. The zero-order valence-electron chi connectivity index (χ0n) is 28.8. The molecule has 0 radical (unpaired) electrons. The molecule has 0 saturated heterocycles. The Hall–Kier alpha value is -6.44. The minimum Gasteiger partial charge on any atom is -0.308 e. The van der Waals surface area contributed by atoms with Crippen LogP contribution in [0.4, 0.5) is 0 Å². The second-order valence-corrected chi connectivity index (χ2v) is 16.1. The van der Waals surface area contributed by atoms with Gasteiger partial charge in [0.1, 0.15) is 12.1 Å². The van der Waals surface area contributed by atoms with Crippen molar-refractivity contribution in [1.29, 1.82) is 10.5 Å². The van der Waals surface area contributed by atoms with Crippen molar-refractivity contribution in [1.82, 2.24) is 9.13 Å². The summed E-state index contributed by atoms with van der Waals surface area (Å²) in [6.07, 6.45) is 0. The molecule has 0 unspecified atom stereocenters. The molecule has 7 aromatic carbocycles. The first-order valence-electron chi connectivity index (χ1n) is 17.8. The molecule has 0 atom stereocenters. The summed E-state index contributed by atoms with van der Waals surface area (Å²) < 4.78 is 9.52. The lowest BCUT2D eigenvalue weighted by molar-refractivity contribution is 0.852. The van der Waals surface area contributed by atoms with Crippen molar-refractivity contribution in [2.75, 3.05) is 0 Å². The first kappa shape index (κ1) is 30.2. The van der Waals surface area contributed by atoms with Crippen LogP contribution in [-0.4, -0.2) is 9.13 Å². The first-order chi connectivity index (χ1) is 26.1. The molecule has 0 N–H and O–H groups in total. The zero-order chi connectivity index (χ0) is 35.5. The molecule has 0 spiro atoms. The van der Waals surface area contributed by atoms with E-state index in [0.717, 1.165) is 49.8 Å². The Morgan fingerprint density at radius 1 is 0.472 bits per heavy atom. The fraction of sp³-hybridized carbons (Fsp3) is 0.0638. The summed E-state index contributed by atoms with van der Waals surface area (Å²) in [5.74, 6) is -0.0808. The maximum absolute atomic E-state index is 11.1. The van der Waals surface area contributed by atoms with Gasteiger partial charge in [0.25, 0.3) is 0 Å². The Balaban J connectivity index is 1.31. The molecule has 53 heavy (non-hydrogen) atoms. The van der Waals surface area contributed by atoms with E-state index in [1.54, 1.807) is 0 Å². The molecule has 4 aromatic heterocycles. The molecule has 0 bridgehead atoms. The van der Waals surface area contributed by atoms with Gasteiger partial charge in [0.05, 0.1) is 44.6 Å². The van der Waals surface area contributed by atoms with Crippen molar-refractivity contribution < 1.29 is 0 Å². The molecule has 0 saturated carbocycles. The van der Waals surface area contributed by atoms with Gasteiger partial charge in [-0.25, -0.2) is 0 Å². The number of thiophene rings is 2. The highest BCUT2D eigenvalue weighted by Crippen LogP contribution is 2.47. The third kappa shape index (κ3) is 3.97. The Labute approximate surface area is 312 Å². The van der Waals surface area contributed by atoms with Crippen molar-refractivity contribution in [3.05, 3.63) is 144 Å². The van der Waals surface area contributed by atoms with E-state index >= 15 is 0 Å². The lowest BCUT2D eigenvalue weighted by atomic mass is 9.90. The van der Waals surface area contributed by atoms with Crippen molar-refractivity contribution in [3.63, 3.8) is 0 Å². The number of fused-ring (bicyclic) bond motifs is 14. The van der Waals surface area contributed by atoms with E-state index in [2.05, 4.69) is 163 Å². The number of hydrogen-bond donors (Lipinski definition) is 0. The summed E-state index contributed by atoms with van der Waals surface area (Å²) in [5, 5.41) is 31.8. The zero-order valence-corrected chi connectivity index (χ0v) is 30.4. The Morgan fingerprint density at radius 2 is 0.887 bits per heavy atom. The lowest BCUT2D eigenvalue weighted by Crippen LogP contribution is -2.10. The van der Waals surface area contributed by atoms with Gasteiger partial charge in [0.2, 0.25) is 0 Å². The molecule has 6 heteroatoms. The number of benzene rings is 7. The van der Waals surface area contributed by atoms with E-state index in [1.165, 1.54) is 51.1 Å². The van der Waals surface area contributed by atoms with Gasteiger partial charge in [-0.15, -0.1) is 22.7 Å². The van der Waals surface area contributed by atoms with Crippen molar-refractivity contribution in [3.8, 4) is 23.5 Å². The highest BCUT2D eigenvalue weighted by Gasteiger charge is 2.27. The van der Waals surface area contributed by atoms with E-state index < -0.39 is 0 Å². The smallest absolute Gasteiger partial charge is 0.102 e. The molecular weight excluding hydrogens is 685 g/mol. The van der Waals surface area contributed by atoms with Crippen LogP contribution in [0.1, 0.15) is 36.5 Å². The molecule has 248 valence electrons. The average molecular weight is 713 g/mol. The second kappa shape index (κ2) is 11.0. The fourth-order valence-corrected chi connectivity index (χ4v) is 11.3. The van der Waals surface area contributed by atoms with E-state index in [1.807, 2.05) is 22.7 Å². The number of hydrogen-bond acceptors (Lipinski definition) is 4. The Kier molecular flexibility index (Phi) is 6.29. The van der Waals surface area contributed by atoms with Crippen LogP contribution in [0.5, 0.6) is 0 Å². The summed E-state index contributed by atoms with van der Waals surface area (Å²) >= 11 is 3.64. The van der Waals surface area contributed by atoms with Crippen LogP contribution in [0.15, 0.2) is 127 Å². The first-order valence-corrected chi connectivity index (χ1v) is 19.4. The number of para-hydroxylation sites is 2. The van der Waals surface area contributed by atoms with Crippen LogP contribution in [0, 0.1) is 22.7 Å². The molecule has 0 aliphatic rings. The van der Waals surface area contributed by atoms with Gasteiger partial charge in [-0.3, -0.25) is 0 Å². The van der Waals surface area contributed by atoms with E-state index in [9.17, 15) is 10.5 Å². The van der Waals surface area contributed by atoms with Crippen LogP contribution in [0.25, 0.3) is 95.3 Å². The van der Waals surface area contributed by atoms with Crippen molar-refractivity contribution in [2.45, 2.75) is 19.8 Å². The SMILES string of the molecule is CC(C)c1c(C#N)c(-n2c3ccccc3c3c4sc5ccccc5c4ccc32)cc(-n2c3ccccc3c3c4sc5ccccc5c4ccc32)c1C#N. The summed E-state index contributed by atoms with van der Waals surface area (Å²) in [6, 6.07) is 50.4. The predicted molar refractivity (Wildman–Crippen MR) is 224 cm³/mol. The van der Waals surface area contributed by atoms with Crippen LogP contribution < -0.4 is 0 Å². The minimum atomic E-state index is -0.0808. The summed E-state index contributed by atoms with van der Waals surface area (Å²) in [7, 11) is 0. The van der Waals surface area contributed by atoms with Crippen LogP contribution in [-0.2, 0) is 0 Å². The van der Waals surface area contributed by atoms with Gasteiger partial charge in [-0.05, 0) is 53.9 Å². The van der Waals surface area contributed by atoms with Gasteiger partial charge < -0.3 is 9.13 Å². The van der Waals surface area contributed by atoms with E-state index in [4.69, 9.17) is 0 Å². The van der Waals surface area contributed by atoms with Gasteiger partial charge >= 0.3 is 0 Å². The number of nitriles is 2.